The number of nitrogens with one attached hydrogen (secondary N) is 1. The summed E-state index contributed by atoms with van der Waals surface area (Å²) in [6, 6.07) is 8.40. The van der Waals surface area contributed by atoms with Crippen molar-refractivity contribution in [3.05, 3.63) is 35.4 Å². The van der Waals surface area contributed by atoms with E-state index >= 15 is 0 Å². The number of thioether (sulfide) groups is 1. The van der Waals surface area contributed by atoms with Gasteiger partial charge in [-0.1, -0.05) is 29.8 Å². The minimum absolute atomic E-state index is 0.0994. The van der Waals surface area contributed by atoms with Crippen LogP contribution in [0.5, 0.6) is 0 Å². The number of nitrogens with zero attached hydrogens (tertiary/aromatic N) is 1. The summed E-state index contributed by atoms with van der Waals surface area (Å²) in [5.74, 6) is 0.493. The number of amides is 1. The second-order valence-electron chi connectivity index (χ2n) is 5.43. The summed E-state index contributed by atoms with van der Waals surface area (Å²) in [4.78, 5) is 13.9. The van der Waals surface area contributed by atoms with Gasteiger partial charge in [0.05, 0.1) is 6.04 Å². The molecule has 21 heavy (non-hydrogen) atoms. The molecule has 0 aliphatic carbocycles. The molecule has 1 amide bonds. The Kier molecular flexibility index (Phi) is 7.78. The van der Waals surface area contributed by atoms with Crippen LogP contribution in [-0.4, -0.2) is 54.7 Å². The van der Waals surface area contributed by atoms with E-state index in [-0.39, 0.29) is 11.9 Å². The third-order valence-electron chi connectivity index (χ3n) is 3.45. The first-order chi connectivity index (χ1) is 9.95. The van der Waals surface area contributed by atoms with Crippen molar-refractivity contribution in [3.63, 3.8) is 0 Å². The molecule has 0 spiro atoms. The molecular formula is C16H26N2O2S. The van der Waals surface area contributed by atoms with Gasteiger partial charge in [-0.05, 0) is 45.0 Å². The Morgan fingerprint density at radius 2 is 1.95 bits per heavy atom. The molecule has 0 bridgehead atoms. The molecule has 1 aromatic rings. The maximum atomic E-state index is 11.9. The summed E-state index contributed by atoms with van der Waals surface area (Å²) in [5, 5.41) is 12.6. The molecule has 0 aliphatic rings. The molecule has 0 saturated carbocycles. The molecule has 0 radical (unpaired) electrons. The molecule has 118 valence electrons. The fourth-order valence-corrected chi connectivity index (χ4v) is 2.52. The Morgan fingerprint density at radius 3 is 2.48 bits per heavy atom. The van der Waals surface area contributed by atoms with E-state index in [0.717, 1.165) is 11.3 Å². The molecule has 2 N–H and O–H groups in total. The standard InChI is InChI=1S/C16H26N2O2S/c1-12-5-7-13(8-6-12)14(18(2)3)11-17-16(20)15(19)9-10-21-4/h5-8,14-15,19H,9-11H2,1-4H3,(H,17,20)/t14-,15+/m0/s1. The molecular weight excluding hydrogens is 284 g/mol. The number of rotatable bonds is 8. The Morgan fingerprint density at radius 1 is 1.33 bits per heavy atom. The molecule has 0 unspecified atom stereocenters. The number of hydrogen-bond donors (Lipinski definition) is 2. The molecule has 4 nitrogen and oxygen atoms in total. The molecule has 0 aliphatic heterocycles. The van der Waals surface area contributed by atoms with Crippen LogP contribution in [0.2, 0.25) is 0 Å². The number of carbonyl (C=O) groups excluding carboxylic acids is 1. The van der Waals surface area contributed by atoms with Crippen LogP contribution in [-0.2, 0) is 4.79 Å². The van der Waals surface area contributed by atoms with E-state index in [2.05, 4.69) is 41.4 Å². The predicted molar refractivity (Wildman–Crippen MR) is 89.6 cm³/mol. The average molecular weight is 310 g/mol. The highest BCUT2D eigenvalue weighted by atomic mass is 32.2. The number of carbonyl (C=O) groups is 1. The lowest BCUT2D eigenvalue weighted by Gasteiger charge is -2.25. The second kappa shape index (κ2) is 9.07. The lowest BCUT2D eigenvalue weighted by atomic mass is 10.0. The van der Waals surface area contributed by atoms with Gasteiger partial charge in [-0.3, -0.25) is 4.79 Å². The van der Waals surface area contributed by atoms with E-state index in [1.54, 1.807) is 11.8 Å². The molecule has 0 heterocycles. The number of likely N-dealkylation sites (N-methyl/N-ethyl adjacent to an activating group) is 1. The van der Waals surface area contributed by atoms with Crippen molar-refractivity contribution in [1.29, 1.82) is 0 Å². The third-order valence-corrected chi connectivity index (χ3v) is 4.10. The van der Waals surface area contributed by atoms with Gasteiger partial charge in [-0.2, -0.15) is 11.8 Å². The highest BCUT2D eigenvalue weighted by Gasteiger charge is 2.18. The molecule has 0 fully saturated rings. The van der Waals surface area contributed by atoms with Gasteiger partial charge in [0, 0.05) is 6.54 Å². The van der Waals surface area contributed by atoms with Crippen molar-refractivity contribution < 1.29 is 9.90 Å². The lowest BCUT2D eigenvalue weighted by molar-refractivity contribution is -0.129. The second-order valence-corrected chi connectivity index (χ2v) is 6.42. The van der Waals surface area contributed by atoms with Gasteiger partial charge in [-0.15, -0.1) is 0 Å². The summed E-state index contributed by atoms with van der Waals surface area (Å²) < 4.78 is 0. The predicted octanol–water partition coefficient (Wildman–Crippen LogP) is 1.83. The van der Waals surface area contributed by atoms with E-state index in [4.69, 9.17) is 0 Å². The molecule has 0 aromatic heterocycles. The summed E-state index contributed by atoms with van der Waals surface area (Å²) in [6.45, 7) is 2.55. The molecule has 5 heteroatoms. The van der Waals surface area contributed by atoms with Gasteiger partial charge in [-0.25, -0.2) is 0 Å². The zero-order chi connectivity index (χ0) is 15.8. The molecule has 1 rings (SSSR count). The average Bonchev–Trinajstić information content (AvgIpc) is 2.46. The third kappa shape index (κ3) is 6.08. The normalized spacial score (nSPS) is 14.0. The van der Waals surface area contributed by atoms with Crippen LogP contribution >= 0.6 is 11.8 Å². The van der Waals surface area contributed by atoms with E-state index in [0.29, 0.717) is 13.0 Å². The van der Waals surface area contributed by atoms with Gasteiger partial charge >= 0.3 is 0 Å². The van der Waals surface area contributed by atoms with Crippen molar-refractivity contribution in [3.8, 4) is 0 Å². The van der Waals surface area contributed by atoms with Crippen molar-refractivity contribution in [2.75, 3.05) is 32.6 Å². The topological polar surface area (TPSA) is 52.6 Å². The number of hydrogen-bond acceptors (Lipinski definition) is 4. The Balaban J connectivity index is 2.59. The number of aliphatic hydroxyl groups is 1. The van der Waals surface area contributed by atoms with Gasteiger partial charge in [0.25, 0.3) is 0 Å². The van der Waals surface area contributed by atoms with Crippen molar-refractivity contribution >= 4 is 17.7 Å². The summed E-state index contributed by atoms with van der Waals surface area (Å²) in [7, 11) is 3.97. The van der Waals surface area contributed by atoms with Gasteiger partial charge in [0.15, 0.2) is 0 Å². The van der Waals surface area contributed by atoms with Crippen molar-refractivity contribution in [2.24, 2.45) is 0 Å². The van der Waals surface area contributed by atoms with E-state index in [9.17, 15) is 9.90 Å². The molecule has 0 saturated heterocycles. The first-order valence-electron chi connectivity index (χ1n) is 7.13. The zero-order valence-corrected chi connectivity index (χ0v) is 14.1. The lowest BCUT2D eigenvalue weighted by Crippen LogP contribution is -2.40. The quantitative estimate of drug-likeness (QED) is 0.769. The van der Waals surface area contributed by atoms with Crippen molar-refractivity contribution in [2.45, 2.75) is 25.5 Å². The van der Waals surface area contributed by atoms with Gasteiger partial charge in [0.2, 0.25) is 5.91 Å². The largest absolute Gasteiger partial charge is 0.383 e. The van der Waals surface area contributed by atoms with Gasteiger partial charge < -0.3 is 15.3 Å². The number of benzene rings is 1. The summed E-state index contributed by atoms with van der Waals surface area (Å²) >= 11 is 1.63. The first kappa shape index (κ1) is 18.0. The van der Waals surface area contributed by atoms with Crippen LogP contribution in [0, 0.1) is 6.92 Å². The van der Waals surface area contributed by atoms with Crippen LogP contribution < -0.4 is 5.32 Å². The fourth-order valence-electron chi connectivity index (χ4n) is 2.06. The van der Waals surface area contributed by atoms with Crippen LogP contribution in [0.4, 0.5) is 0 Å². The maximum absolute atomic E-state index is 11.9. The minimum Gasteiger partial charge on any atom is -0.383 e. The SMILES string of the molecule is CSCC[C@@H](O)C(=O)NC[C@@H](c1ccc(C)cc1)N(C)C. The van der Waals surface area contributed by atoms with Crippen LogP contribution in [0.1, 0.15) is 23.6 Å². The fraction of sp³-hybridized carbons (Fsp3) is 0.562. The zero-order valence-electron chi connectivity index (χ0n) is 13.3. The highest BCUT2D eigenvalue weighted by Crippen LogP contribution is 2.18. The highest BCUT2D eigenvalue weighted by molar-refractivity contribution is 7.98. The minimum atomic E-state index is -0.918. The Labute approximate surface area is 131 Å². The monoisotopic (exact) mass is 310 g/mol. The number of aryl methyl sites for hydroxylation is 1. The van der Waals surface area contributed by atoms with Crippen LogP contribution in [0.3, 0.4) is 0 Å². The number of aliphatic hydroxyl groups excluding tert-OH is 1. The maximum Gasteiger partial charge on any atom is 0.248 e. The van der Waals surface area contributed by atoms with E-state index in [1.807, 2.05) is 20.4 Å². The first-order valence-corrected chi connectivity index (χ1v) is 8.52. The Hall–Kier alpha value is -1.04. The summed E-state index contributed by atoms with van der Waals surface area (Å²) in [5.41, 5.74) is 2.37. The van der Waals surface area contributed by atoms with E-state index in [1.165, 1.54) is 5.56 Å². The Bertz CT molecular complexity index is 434. The summed E-state index contributed by atoms with van der Waals surface area (Å²) in [6.07, 6.45) is 1.53. The molecule has 2 atom stereocenters. The van der Waals surface area contributed by atoms with Crippen molar-refractivity contribution in [1.82, 2.24) is 10.2 Å². The van der Waals surface area contributed by atoms with Gasteiger partial charge in [0.1, 0.15) is 6.10 Å². The van der Waals surface area contributed by atoms with Crippen LogP contribution in [0.15, 0.2) is 24.3 Å². The van der Waals surface area contributed by atoms with E-state index < -0.39 is 6.10 Å². The smallest absolute Gasteiger partial charge is 0.248 e. The molecule has 1 aromatic carbocycles. The van der Waals surface area contributed by atoms with Crippen LogP contribution in [0.25, 0.3) is 0 Å².